The highest BCUT2D eigenvalue weighted by molar-refractivity contribution is 8.00. The summed E-state index contributed by atoms with van der Waals surface area (Å²) in [5.41, 5.74) is -1.80. The number of alkyl halides is 3. The molecule has 0 aliphatic rings. The van der Waals surface area contributed by atoms with E-state index in [0.29, 0.717) is 11.2 Å². The number of aromatic nitrogens is 1. The maximum absolute atomic E-state index is 12.6. The number of thiazole rings is 1. The van der Waals surface area contributed by atoms with Gasteiger partial charge in [-0.3, -0.25) is 14.9 Å². The largest absolute Gasteiger partial charge is 0.416 e. The Bertz CT molecular complexity index is 720. The van der Waals surface area contributed by atoms with E-state index in [1.54, 1.807) is 5.38 Å². The predicted octanol–water partition coefficient (Wildman–Crippen LogP) is 3.80. The van der Waals surface area contributed by atoms with Crippen LogP contribution in [0, 0.1) is 10.1 Å². The lowest BCUT2D eigenvalue weighted by Crippen LogP contribution is -2.14. The van der Waals surface area contributed by atoms with Crippen LogP contribution in [-0.4, -0.2) is 21.6 Å². The lowest BCUT2D eigenvalue weighted by Gasteiger charge is -2.08. The Labute approximate surface area is 135 Å². The minimum Gasteiger partial charge on any atom is -0.301 e. The summed E-state index contributed by atoms with van der Waals surface area (Å²) in [4.78, 5) is 25.5. The zero-order valence-electron chi connectivity index (χ0n) is 11.2. The third kappa shape index (κ3) is 4.66. The van der Waals surface area contributed by atoms with Crippen molar-refractivity contribution >= 4 is 39.8 Å². The molecule has 23 heavy (non-hydrogen) atoms. The zero-order chi connectivity index (χ0) is 17.0. The fourth-order valence-electron chi connectivity index (χ4n) is 1.54. The van der Waals surface area contributed by atoms with Crippen LogP contribution >= 0.6 is 23.1 Å². The summed E-state index contributed by atoms with van der Waals surface area (Å²) in [7, 11) is 0. The molecule has 2 rings (SSSR count). The molecule has 6 nitrogen and oxygen atoms in total. The first-order chi connectivity index (χ1) is 10.8. The topological polar surface area (TPSA) is 85.1 Å². The molecule has 0 unspecified atom stereocenters. The molecule has 1 aromatic heterocycles. The van der Waals surface area contributed by atoms with Crippen LogP contribution in [0.2, 0.25) is 0 Å². The van der Waals surface area contributed by atoms with Gasteiger partial charge in [0, 0.05) is 17.6 Å². The minimum atomic E-state index is -4.67. The maximum Gasteiger partial charge on any atom is 0.416 e. The molecule has 2 aromatic rings. The number of carbonyl (C=O) groups excluding carboxylic acids is 1. The van der Waals surface area contributed by atoms with Crippen molar-refractivity contribution in [3.8, 4) is 0 Å². The number of rotatable bonds is 5. The van der Waals surface area contributed by atoms with Gasteiger partial charge in [-0.05, 0) is 12.1 Å². The molecule has 1 N–H and O–H groups in total. The van der Waals surface area contributed by atoms with Crippen LogP contribution in [0.15, 0.2) is 34.7 Å². The molecular formula is C12H8F3N3O3S2. The summed E-state index contributed by atoms with van der Waals surface area (Å²) in [6.45, 7) is 0. The molecule has 0 atom stereocenters. The van der Waals surface area contributed by atoms with Crippen LogP contribution < -0.4 is 5.32 Å². The molecule has 1 amide bonds. The lowest BCUT2D eigenvalue weighted by atomic mass is 10.2. The Morgan fingerprint density at radius 1 is 1.43 bits per heavy atom. The van der Waals surface area contributed by atoms with E-state index in [0.717, 1.165) is 23.9 Å². The van der Waals surface area contributed by atoms with E-state index in [1.165, 1.54) is 17.5 Å². The Morgan fingerprint density at radius 2 is 2.17 bits per heavy atom. The number of nitrogens with zero attached hydrogens (tertiary/aromatic N) is 2. The molecule has 0 aliphatic carbocycles. The standard InChI is InChI=1S/C12H8F3N3O3S2/c13-12(14,15)7-1-2-9(8(5-7)18(20)21)23-6-10(19)17-11-16-3-4-22-11/h1-5H,6H2,(H,16,17,19). The van der Waals surface area contributed by atoms with Crippen molar-refractivity contribution < 1.29 is 22.9 Å². The number of thioether (sulfide) groups is 1. The zero-order valence-corrected chi connectivity index (χ0v) is 12.8. The van der Waals surface area contributed by atoms with Crippen LogP contribution in [-0.2, 0) is 11.0 Å². The van der Waals surface area contributed by atoms with Gasteiger partial charge >= 0.3 is 6.18 Å². The number of nitro groups is 1. The van der Waals surface area contributed by atoms with Gasteiger partial charge in [0.1, 0.15) is 0 Å². The van der Waals surface area contributed by atoms with Crippen molar-refractivity contribution in [1.82, 2.24) is 4.98 Å². The van der Waals surface area contributed by atoms with Crippen LogP contribution in [0.3, 0.4) is 0 Å². The van der Waals surface area contributed by atoms with Crippen LogP contribution in [0.25, 0.3) is 0 Å². The molecular weight excluding hydrogens is 355 g/mol. The van der Waals surface area contributed by atoms with Gasteiger partial charge in [-0.15, -0.1) is 23.1 Å². The van der Waals surface area contributed by atoms with Gasteiger partial charge in [-0.2, -0.15) is 13.2 Å². The van der Waals surface area contributed by atoms with E-state index in [2.05, 4.69) is 10.3 Å². The molecule has 0 spiro atoms. The van der Waals surface area contributed by atoms with Gasteiger partial charge in [-0.1, -0.05) is 0 Å². The first-order valence-electron chi connectivity index (χ1n) is 5.95. The molecule has 0 aliphatic heterocycles. The van der Waals surface area contributed by atoms with Crippen LogP contribution in [0.1, 0.15) is 5.56 Å². The van der Waals surface area contributed by atoms with E-state index in [9.17, 15) is 28.1 Å². The van der Waals surface area contributed by atoms with Crippen molar-refractivity contribution in [2.24, 2.45) is 0 Å². The molecule has 122 valence electrons. The number of benzene rings is 1. The third-order valence-corrected chi connectivity index (χ3v) is 4.27. The second kappa shape index (κ2) is 6.96. The second-order valence-corrected chi connectivity index (χ2v) is 6.02. The molecule has 0 saturated carbocycles. The predicted molar refractivity (Wildman–Crippen MR) is 79.6 cm³/mol. The van der Waals surface area contributed by atoms with Gasteiger partial charge in [0.2, 0.25) is 5.91 Å². The average molecular weight is 363 g/mol. The van der Waals surface area contributed by atoms with Gasteiger partial charge in [-0.25, -0.2) is 4.98 Å². The lowest BCUT2D eigenvalue weighted by molar-refractivity contribution is -0.388. The summed E-state index contributed by atoms with van der Waals surface area (Å²) >= 11 is 1.98. The average Bonchev–Trinajstić information content (AvgIpc) is 2.96. The summed E-state index contributed by atoms with van der Waals surface area (Å²) in [6.07, 6.45) is -3.18. The highest BCUT2D eigenvalue weighted by atomic mass is 32.2. The van der Waals surface area contributed by atoms with Crippen molar-refractivity contribution in [2.45, 2.75) is 11.1 Å². The molecule has 11 heteroatoms. The highest BCUT2D eigenvalue weighted by Crippen LogP contribution is 2.36. The Kier molecular flexibility index (Phi) is 5.21. The maximum atomic E-state index is 12.6. The molecule has 1 aromatic carbocycles. The number of nitrogens with one attached hydrogen (secondary N) is 1. The Morgan fingerprint density at radius 3 is 2.74 bits per heavy atom. The second-order valence-electron chi connectivity index (χ2n) is 4.11. The first kappa shape index (κ1) is 17.2. The number of hydrogen-bond donors (Lipinski definition) is 1. The molecule has 0 fully saturated rings. The van der Waals surface area contributed by atoms with E-state index in [4.69, 9.17) is 0 Å². The van der Waals surface area contributed by atoms with Crippen LogP contribution in [0.5, 0.6) is 0 Å². The van der Waals surface area contributed by atoms with Crippen molar-refractivity contribution in [1.29, 1.82) is 0 Å². The van der Waals surface area contributed by atoms with E-state index in [1.807, 2.05) is 0 Å². The Balaban J connectivity index is 2.10. The fraction of sp³-hybridized carbons (Fsp3) is 0.167. The van der Waals surface area contributed by atoms with E-state index < -0.39 is 28.3 Å². The summed E-state index contributed by atoms with van der Waals surface area (Å²) in [6, 6.07) is 2.19. The number of nitro benzene ring substituents is 1. The SMILES string of the molecule is O=C(CSc1ccc(C(F)(F)F)cc1[N+](=O)[O-])Nc1nccs1. The number of anilines is 1. The molecule has 0 saturated heterocycles. The van der Waals surface area contributed by atoms with Gasteiger partial charge in [0.05, 0.1) is 21.1 Å². The monoisotopic (exact) mass is 363 g/mol. The van der Waals surface area contributed by atoms with Gasteiger partial charge in [0.25, 0.3) is 5.69 Å². The van der Waals surface area contributed by atoms with Crippen LogP contribution in [0.4, 0.5) is 24.0 Å². The number of amides is 1. The number of hydrogen-bond acceptors (Lipinski definition) is 6. The third-order valence-electron chi connectivity index (χ3n) is 2.52. The smallest absolute Gasteiger partial charge is 0.301 e. The number of halogens is 3. The normalized spacial score (nSPS) is 11.3. The number of carbonyl (C=O) groups is 1. The first-order valence-corrected chi connectivity index (χ1v) is 7.81. The van der Waals surface area contributed by atoms with Gasteiger partial charge in [0.15, 0.2) is 5.13 Å². The summed E-state index contributed by atoms with van der Waals surface area (Å²) in [5.74, 6) is -0.648. The summed E-state index contributed by atoms with van der Waals surface area (Å²) in [5, 5.41) is 15.4. The highest BCUT2D eigenvalue weighted by Gasteiger charge is 2.33. The van der Waals surface area contributed by atoms with E-state index in [-0.39, 0.29) is 10.6 Å². The van der Waals surface area contributed by atoms with Crippen molar-refractivity contribution in [3.63, 3.8) is 0 Å². The molecule has 1 heterocycles. The minimum absolute atomic E-state index is 0.0164. The van der Waals surface area contributed by atoms with Crippen molar-refractivity contribution in [2.75, 3.05) is 11.1 Å². The van der Waals surface area contributed by atoms with E-state index >= 15 is 0 Å². The quantitative estimate of drug-likeness (QED) is 0.496. The summed E-state index contributed by atoms with van der Waals surface area (Å²) < 4.78 is 37.8. The molecule has 0 radical (unpaired) electrons. The van der Waals surface area contributed by atoms with Crippen molar-refractivity contribution in [3.05, 3.63) is 45.5 Å². The fourth-order valence-corrected chi connectivity index (χ4v) is 2.89. The Hall–Kier alpha value is -2.14. The molecule has 0 bridgehead atoms. The van der Waals surface area contributed by atoms with Gasteiger partial charge < -0.3 is 5.32 Å².